The molecule has 120 valence electrons. The van der Waals surface area contributed by atoms with Crippen molar-refractivity contribution in [3.8, 4) is 11.4 Å². The van der Waals surface area contributed by atoms with Crippen LogP contribution in [0.5, 0.6) is 0 Å². The lowest BCUT2D eigenvalue weighted by molar-refractivity contribution is 0.240. The number of H-pyrrole nitrogens is 1. The molecule has 6 heteroatoms. The van der Waals surface area contributed by atoms with E-state index in [1.807, 2.05) is 24.3 Å². The molecule has 0 amide bonds. The molecule has 4 rings (SSSR count). The van der Waals surface area contributed by atoms with E-state index in [-0.39, 0.29) is 5.56 Å². The van der Waals surface area contributed by atoms with Gasteiger partial charge in [-0.1, -0.05) is 0 Å². The van der Waals surface area contributed by atoms with Crippen LogP contribution in [0.1, 0.15) is 16.8 Å². The van der Waals surface area contributed by atoms with Crippen molar-refractivity contribution >= 4 is 0 Å². The molecule has 1 aliphatic heterocycles. The second-order valence-electron chi connectivity index (χ2n) is 5.90. The average molecular weight is 319 g/mol. The van der Waals surface area contributed by atoms with E-state index in [9.17, 15) is 4.79 Å². The van der Waals surface area contributed by atoms with Crippen molar-refractivity contribution < 1.29 is 0 Å². The second-order valence-corrected chi connectivity index (χ2v) is 5.90. The van der Waals surface area contributed by atoms with E-state index in [2.05, 4.69) is 24.8 Å². The van der Waals surface area contributed by atoms with Crippen LogP contribution >= 0.6 is 0 Å². The fraction of sp³-hybridized carbons (Fsp3) is 0.222. The predicted octanol–water partition coefficient (Wildman–Crippen LogP) is 1.79. The molecule has 0 atom stereocenters. The monoisotopic (exact) mass is 319 g/mol. The molecule has 4 heterocycles. The maximum atomic E-state index is 12.4. The standard InChI is InChI=1S/C18H17N5O/c24-18-15-5-9-23(11-13-3-7-19-8-4-13)12-16(15)21-17(22-18)14-2-1-6-20-10-14/h1-4,6-8,10H,5,9,11-12H2,(H,21,22,24). The molecule has 3 aromatic heterocycles. The first-order valence-electron chi connectivity index (χ1n) is 7.93. The van der Waals surface area contributed by atoms with E-state index in [0.29, 0.717) is 12.4 Å². The number of nitrogens with one attached hydrogen (secondary N) is 1. The molecule has 3 aromatic rings. The van der Waals surface area contributed by atoms with Crippen LogP contribution in [0.3, 0.4) is 0 Å². The van der Waals surface area contributed by atoms with Gasteiger partial charge in [-0.15, -0.1) is 0 Å². The fourth-order valence-corrected chi connectivity index (χ4v) is 3.01. The molecule has 0 saturated heterocycles. The maximum Gasteiger partial charge on any atom is 0.254 e. The van der Waals surface area contributed by atoms with Crippen LogP contribution in [0.4, 0.5) is 0 Å². The van der Waals surface area contributed by atoms with Crippen molar-refractivity contribution in [3.63, 3.8) is 0 Å². The van der Waals surface area contributed by atoms with Gasteiger partial charge < -0.3 is 4.98 Å². The van der Waals surface area contributed by atoms with E-state index in [4.69, 9.17) is 0 Å². The lowest BCUT2D eigenvalue weighted by Gasteiger charge is -2.27. The molecule has 0 bridgehead atoms. The Morgan fingerprint density at radius 1 is 1.12 bits per heavy atom. The molecule has 1 N–H and O–H groups in total. The zero-order chi connectivity index (χ0) is 16.4. The number of aromatic nitrogens is 4. The quantitative estimate of drug-likeness (QED) is 0.796. The zero-order valence-electron chi connectivity index (χ0n) is 13.1. The minimum atomic E-state index is -0.0394. The molecule has 0 aromatic carbocycles. The van der Waals surface area contributed by atoms with Crippen molar-refractivity contribution in [3.05, 3.63) is 76.2 Å². The molecule has 0 fully saturated rings. The van der Waals surface area contributed by atoms with Crippen molar-refractivity contribution in [1.82, 2.24) is 24.8 Å². The minimum Gasteiger partial charge on any atom is -0.306 e. The van der Waals surface area contributed by atoms with E-state index in [1.165, 1.54) is 5.56 Å². The molecule has 1 aliphatic rings. The number of nitrogens with zero attached hydrogens (tertiary/aromatic N) is 4. The Morgan fingerprint density at radius 3 is 2.79 bits per heavy atom. The highest BCUT2D eigenvalue weighted by molar-refractivity contribution is 5.53. The summed E-state index contributed by atoms with van der Waals surface area (Å²) in [5, 5.41) is 0. The molecule has 0 aliphatic carbocycles. The highest BCUT2D eigenvalue weighted by Gasteiger charge is 2.21. The Balaban J connectivity index is 1.62. The third-order valence-corrected chi connectivity index (χ3v) is 4.24. The number of aromatic amines is 1. The van der Waals surface area contributed by atoms with Gasteiger partial charge in [0.15, 0.2) is 0 Å². The lowest BCUT2D eigenvalue weighted by atomic mass is 10.1. The number of fused-ring (bicyclic) bond motifs is 1. The molecular weight excluding hydrogens is 302 g/mol. The van der Waals surface area contributed by atoms with Gasteiger partial charge in [-0.05, 0) is 36.2 Å². The van der Waals surface area contributed by atoms with Gasteiger partial charge in [0.25, 0.3) is 5.56 Å². The molecular formula is C18H17N5O. The SMILES string of the molecule is O=c1[nH]c(-c2cccnc2)nc2c1CCN(Cc1ccncc1)C2. The van der Waals surface area contributed by atoms with Gasteiger partial charge in [-0.2, -0.15) is 0 Å². The topological polar surface area (TPSA) is 74.8 Å². The summed E-state index contributed by atoms with van der Waals surface area (Å²) in [6.07, 6.45) is 7.74. The predicted molar refractivity (Wildman–Crippen MR) is 90.1 cm³/mol. The van der Waals surface area contributed by atoms with Gasteiger partial charge >= 0.3 is 0 Å². The number of rotatable bonds is 3. The summed E-state index contributed by atoms with van der Waals surface area (Å²) >= 11 is 0. The number of hydrogen-bond acceptors (Lipinski definition) is 5. The first-order chi connectivity index (χ1) is 11.8. The number of pyridine rings is 2. The van der Waals surface area contributed by atoms with Crippen molar-refractivity contribution in [2.24, 2.45) is 0 Å². The Kier molecular flexibility index (Phi) is 3.88. The van der Waals surface area contributed by atoms with Gasteiger partial charge in [0.05, 0.1) is 5.69 Å². The Hall–Kier alpha value is -2.86. The van der Waals surface area contributed by atoms with Crippen molar-refractivity contribution in [2.45, 2.75) is 19.5 Å². The molecule has 0 spiro atoms. The van der Waals surface area contributed by atoms with E-state index >= 15 is 0 Å². The van der Waals surface area contributed by atoms with Crippen molar-refractivity contribution in [2.75, 3.05) is 6.54 Å². The summed E-state index contributed by atoms with van der Waals surface area (Å²) in [4.78, 5) is 30.4. The third kappa shape index (κ3) is 2.96. The fourth-order valence-electron chi connectivity index (χ4n) is 3.01. The van der Waals surface area contributed by atoms with Gasteiger partial charge in [0, 0.05) is 55.5 Å². The summed E-state index contributed by atoms with van der Waals surface area (Å²) in [6, 6.07) is 7.77. The Morgan fingerprint density at radius 2 is 2.00 bits per heavy atom. The largest absolute Gasteiger partial charge is 0.306 e. The molecule has 0 radical (unpaired) electrons. The summed E-state index contributed by atoms with van der Waals surface area (Å²) in [7, 11) is 0. The maximum absolute atomic E-state index is 12.4. The number of hydrogen-bond donors (Lipinski definition) is 1. The van der Waals surface area contributed by atoms with Gasteiger partial charge in [0.2, 0.25) is 0 Å². The van der Waals surface area contributed by atoms with Crippen molar-refractivity contribution in [1.29, 1.82) is 0 Å². The van der Waals surface area contributed by atoms with Crippen LogP contribution in [0.15, 0.2) is 53.8 Å². The zero-order valence-corrected chi connectivity index (χ0v) is 13.1. The van der Waals surface area contributed by atoms with Crippen LogP contribution in [0, 0.1) is 0 Å². The van der Waals surface area contributed by atoms with E-state index in [1.54, 1.807) is 24.8 Å². The minimum absolute atomic E-state index is 0.0394. The van der Waals surface area contributed by atoms with Gasteiger partial charge in [-0.25, -0.2) is 4.98 Å². The average Bonchev–Trinajstić information content (AvgIpc) is 2.63. The second kappa shape index (κ2) is 6.33. The summed E-state index contributed by atoms with van der Waals surface area (Å²) in [6.45, 7) is 2.36. The summed E-state index contributed by atoms with van der Waals surface area (Å²) in [5.41, 5.74) is 3.66. The summed E-state index contributed by atoms with van der Waals surface area (Å²) < 4.78 is 0. The van der Waals surface area contributed by atoms with Crippen LogP contribution < -0.4 is 5.56 Å². The van der Waals surface area contributed by atoms with Crippen LogP contribution in [-0.4, -0.2) is 31.4 Å². The Bertz CT molecular complexity index is 892. The molecule has 0 saturated carbocycles. The van der Waals surface area contributed by atoms with E-state index in [0.717, 1.165) is 36.3 Å². The van der Waals surface area contributed by atoms with Crippen LogP contribution in [-0.2, 0) is 19.5 Å². The summed E-state index contributed by atoms with van der Waals surface area (Å²) in [5.74, 6) is 0.581. The third-order valence-electron chi connectivity index (χ3n) is 4.24. The van der Waals surface area contributed by atoms with Crippen LogP contribution in [0.25, 0.3) is 11.4 Å². The molecule has 0 unspecified atom stereocenters. The van der Waals surface area contributed by atoms with Crippen LogP contribution in [0.2, 0.25) is 0 Å². The Labute approximate surface area is 139 Å². The normalized spacial score (nSPS) is 14.3. The first-order valence-corrected chi connectivity index (χ1v) is 7.93. The van der Waals surface area contributed by atoms with E-state index < -0.39 is 0 Å². The highest BCUT2D eigenvalue weighted by Crippen LogP contribution is 2.19. The highest BCUT2D eigenvalue weighted by atomic mass is 16.1. The first kappa shape index (κ1) is 14.7. The smallest absolute Gasteiger partial charge is 0.254 e. The van der Waals surface area contributed by atoms with Gasteiger partial charge in [-0.3, -0.25) is 19.7 Å². The molecule has 24 heavy (non-hydrogen) atoms. The lowest BCUT2D eigenvalue weighted by Crippen LogP contribution is -2.35. The van der Waals surface area contributed by atoms with Gasteiger partial charge in [0.1, 0.15) is 5.82 Å². The molecule has 6 nitrogen and oxygen atoms in total.